The summed E-state index contributed by atoms with van der Waals surface area (Å²) >= 11 is 3.42. The van der Waals surface area contributed by atoms with Crippen LogP contribution in [-0.4, -0.2) is 12.5 Å². The number of unbranched alkanes of at least 4 members (excludes halogenated alkanes) is 1. The number of benzene rings is 1. The molecule has 102 valence electrons. The van der Waals surface area contributed by atoms with Gasteiger partial charge in [-0.25, -0.2) is 10.4 Å². The van der Waals surface area contributed by atoms with Crippen molar-refractivity contribution in [2.75, 3.05) is 11.6 Å². The lowest BCUT2D eigenvalue weighted by Gasteiger charge is -2.24. The van der Waals surface area contributed by atoms with Gasteiger partial charge in [0.1, 0.15) is 0 Å². The van der Waals surface area contributed by atoms with Gasteiger partial charge in [-0.1, -0.05) is 29.3 Å². The van der Waals surface area contributed by atoms with Crippen molar-refractivity contribution < 1.29 is 4.79 Å². The summed E-state index contributed by atoms with van der Waals surface area (Å²) in [5.74, 6) is 0.00604. The first-order valence-electron chi connectivity index (χ1n) is 5.86. The maximum atomic E-state index is 11.6. The Kier molecular flexibility index (Phi) is 8.24. The lowest BCUT2D eigenvalue weighted by molar-refractivity contribution is -0.117. The average Bonchev–Trinajstić information content (AvgIpc) is 2.25. The van der Waals surface area contributed by atoms with E-state index in [-0.39, 0.29) is 18.3 Å². The fraction of sp³-hybridized carbons (Fsp3) is 0.462. The van der Waals surface area contributed by atoms with E-state index in [9.17, 15) is 4.79 Å². The molecule has 0 unspecified atom stereocenters. The van der Waals surface area contributed by atoms with Crippen LogP contribution in [0.3, 0.4) is 0 Å². The zero-order valence-electron chi connectivity index (χ0n) is 11.0. The molecule has 0 bridgehead atoms. The maximum absolute atomic E-state index is 11.6. The van der Waals surface area contributed by atoms with Crippen molar-refractivity contribution in [2.24, 2.45) is 0 Å². The second-order valence-electron chi connectivity index (χ2n) is 4.05. The molecule has 1 rings (SSSR count). The van der Waals surface area contributed by atoms with E-state index in [1.165, 1.54) is 0 Å². The summed E-state index contributed by atoms with van der Waals surface area (Å²) in [6.45, 7) is 6.51. The Hall–Kier alpha value is -0.580. The molecule has 0 fully saturated rings. The number of carbonyl (C=O) groups excluding carboxylic acids is 1. The van der Waals surface area contributed by atoms with Crippen LogP contribution in [-0.2, 0) is 4.79 Å². The van der Waals surface area contributed by atoms with Crippen molar-refractivity contribution in [2.45, 2.75) is 33.6 Å². The van der Waals surface area contributed by atoms with Crippen molar-refractivity contribution in [3.63, 3.8) is 0 Å². The van der Waals surface area contributed by atoms with Gasteiger partial charge < -0.3 is 0 Å². The molecule has 5 heteroatoms. The van der Waals surface area contributed by atoms with Crippen molar-refractivity contribution >= 4 is 39.9 Å². The zero-order chi connectivity index (χ0) is 12.8. The standard InChI is InChI=1S/C13H19BrN2O.ClH/c1-4-5-8-15-16(11(3)17)13-7-6-12(14)9-10(13)2;/h6-7,9,15H,4-5,8H2,1-3H3;1H. The number of aryl methyl sites for hydroxylation is 1. The molecule has 0 heterocycles. The van der Waals surface area contributed by atoms with Gasteiger partial charge in [-0.05, 0) is 37.1 Å². The zero-order valence-corrected chi connectivity index (χ0v) is 13.4. The van der Waals surface area contributed by atoms with Crippen LogP contribution >= 0.6 is 28.3 Å². The van der Waals surface area contributed by atoms with Crippen LogP contribution < -0.4 is 10.4 Å². The number of hydrogen-bond donors (Lipinski definition) is 1. The first kappa shape index (κ1) is 17.4. The minimum atomic E-state index is 0. The molecule has 0 saturated heterocycles. The monoisotopic (exact) mass is 334 g/mol. The van der Waals surface area contributed by atoms with Crippen LogP contribution in [0.2, 0.25) is 0 Å². The van der Waals surface area contributed by atoms with E-state index in [1.807, 2.05) is 25.1 Å². The second-order valence-corrected chi connectivity index (χ2v) is 4.96. The third kappa shape index (κ3) is 4.96. The number of halogens is 2. The van der Waals surface area contributed by atoms with Gasteiger partial charge in [-0.15, -0.1) is 12.4 Å². The highest BCUT2D eigenvalue weighted by Gasteiger charge is 2.12. The number of anilines is 1. The van der Waals surface area contributed by atoms with Gasteiger partial charge in [0.05, 0.1) is 5.69 Å². The predicted octanol–water partition coefficient (Wildman–Crippen LogP) is 3.84. The first-order valence-corrected chi connectivity index (χ1v) is 6.66. The number of hydrazine groups is 1. The number of nitrogens with zero attached hydrogens (tertiary/aromatic N) is 1. The number of carbonyl (C=O) groups is 1. The SMILES string of the molecule is CCCCNN(C(C)=O)c1ccc(Br)cc1C.Cl. The summed E-state index contributed by atoms with van der Waals surface area (Å²) in [5, 5.41) is 1.62. The van der Waals surface area contributed by atoms with Crippen molar-refractivity contribution in [1.82, 2.24) is 5.43 Å². The Bertz CT molecular complexity index is 399. The Balaban J connectivity index is 0.00000289. The highest BCUT2D eigenvalue weighted by atomic mass is 79.9. The highest BCUT2D eigenvalue weighted by Crippen LogP contribution is 2.22. The normalized spacial score (nSPS) is 9.78. The maximum Gasteiger partial charge on any atom is 0.238 e. The Labute approximate surface area is 123 Å². The topological polar surface area (TPSA) is 32.3 Å². The molecule has 0 aliphatic heterocycles. The number of rotatable bonds is 5. The predicted molar refractivity (Wildman–Crippen MR) is 82.2 cm³/mol. The van der Waals surface area contributed by atoms with Crippen LogP contribution in [0, 0.1) is 6.92 Å². The molecule has 0 aromatic heterocycles. The summed E-state index contributed by atoms with van der Waals surface area (Å²) in [4.78, 5) is 11.6. The van der Waals surface area contributed by atoms with Gasteiger partial charge in [0, 0.05) is 17.9 Å². The minimum absolute atomic E-state index is 0. The van der Waals surface area contributed by atoms with Gasteiger partial charge in [-0.3, -0.25) is 4.79 Å². The van der Waals surface area contributed by atoms with Gasteiger partial charge >= 0.3 is 0 Å². The van der Waals surface area contributed by atoms with E-state index in [1.54, 1.807) is 11.9 Å². The molecular formula is C13H20BrClN2O. The number of nitrogens with one attached hydrogen (secondary N) is 1. The molecule has 0 aliphatic carbocycles. The van der Waals surface area contributed by atoms with E-state index in [0.29, 0.717) is 0 Å². The lowest BCUT2D eigenvalue weighted by Crippen LogP contribution is -2.42. The Morgan fingerprint density at radius 2 is 2.11 bits per heavy atom. The van der Waals surface area contributed by atoms with Gasteiger partial charge in [0.15, 0.2) is 0 Å². The number of hydrogen-bond acceptors (Lipinski definition) is 2. The van der Waals surface area contributed by atoms with Crippen LogP contribution in [0.25, 0.3) is 0 Å². The van der Waals surface area contributed by atoms with E-state index in [0.717, 1.165) is 35.1 Å². The Morgan fingerprint density at radius 1 is 1.44 bits per heavy atom. The molecule has 0 saturated carbocycles. The van der Waals surface area contributed by atoms with Crippen molar-refractivity contribution in [3.8, 4) is 0 Å². The molecule has 0 radical (unpaired) electrons. The molecule has 1 N–H and O–H groups in total. The van der Waals surface area contributed by atoms with E-state index >= 15 is 0 Å². The van der Waals surface area contributed by atoms with Crippen LogP contribution in [0.5, 0.6) is 0 Å². The molecule has 1 aromatic rings. The van der Waals surface area contributed by atoms with Crippen LogP contribution in [0.1, 0.15) is 32.3 Å². The molecule has 3 nitrogen and oxygen atoms in total. The van der Waals surface area contributed by atoms with Crippen LogP contribution in [0.4, 0.5) is 5.69 Å². The van der Waals surface area contributed by atoms with Crippen molar-refractivity contribution in [1.29, 1.82) is 0 Å². The molecule has 0 atom stereocenters. The number of amides is 1. The molecular weight excluding hydrogens is 316 g/mol. The molecule has 0 spiro atoms. The third-order valence-corrected chi connectivity index (χ3v) is 3.01. The molecule has 18 heavy (non-hydrogen) atoms. The first-order chi connectivity index (χ1) is 8.06. The largest absolute Gasteiger partial charge is 0.273 e. The highest BCUT2D eigenvalue weighted by molar-refractivity contribution is 9.10. The van der Waals surface area contributed by atoms with Crippen LogP contribution in [0.15, 0.2) is 22.7 Å². The van der Waals surface area contributed by atoms with E-state index < -0.39 is 0 Å². The Morgan fingerprint density at radius 3 is 2.61 bits per heavy atom. The lowest BCUT2D eigenvalue weighted by atomic mass is 10.2. The fourth-order valence-electron chi connectivity index (χ4n) is 1.60. The van der Waals surface area contributed by atoms with Gasteiger partial charge in [0.25, 0.3) is 0 Å². The molecule has 0 aliphatic rings. The smallest absolute Gasteiger partial charge is 0.238 e. The van der Waals surface area contributed by atoms with E-state index in [2.05, 4.69) is 28.3 Å². The fourth-order valence-corrected chi connectivity index (χ4v) is 2.08. The second kappa shape index (κ2) is 8.51. The van der Waals surface area contributed by atoms with Gasteiger partial charge in [0.2, 0.25) is 5.91 Å². The minimum Gasteiger partial charge on any atom is -0.273 e. The van der Waals surface area contributed by atoms with Gasteiger partial charge in [-0.2, -0.15) is 0 Å². The summed E-state index contributed by atoms with van der Waals surface area (Å²) in [6, 6.07) is 5.90. The van der Waals surface area contributed by atoms with E-state index in [4.69, 9.17) is 0 Å². The summed E-state index contributed by atoms with van der Waals surface area (Å²) in [7, 11) is 0. The summed E-state index contributed by atoms with van der Waals surface area (Å²) < 4.78 is 1.02. The van der Waals surface area contributed by atoms with Crippen molar-refractivity contribution in [3.05, 3.63) is 28.2 Å². The summed E-state index contributed by atoms with van der Waals surface area (Å²) in [6.07, 6.45) is 2.16. The molecule has 1 amide bonds. The average molecular weight is 336 g/mol. The quantitative estimate of drug-likeness (QED) is 0.655. The molecule has 1 aromatic carbocycles. The third-order valence-electron chi connectivity index (χ3n) is 2.51. The summed E-state index contributed by atoms with van der Waals surface area (Å²) in [5.41, 5.74) is 5.15.